The van der Waals surface area contributed by atoms with Crippen LogP contribution in [0.1, 0.15) is 83.5 Å². The third-order valence-corrected chi connectivity index (χ3v) is 5.84. The number of allylic oxidation sites excluding steroid dienone is 4. The average Bonchev–Trinajstić information content (AvgIpc) is 2.65. The molecule has 0 spiro atoms. The van der Waals surface area contributed by atoms with Crippen LogP contribution >= 0.6 is 0 Å². The van der Waals surface area contributed by atoms with Crippen molar-refractivity contribution >= 4 is 5.97 Å². The van der Waals surface area contributed by atoms with Crippen LogP contribution in [0, 0.1) is 11.8 Å². The summed E-state index contributed by atoms with van der Waals surface area (Å²) in [6.45, 7) is 3.65. The third kappa shape index (κ3) is 8.07. The van der Waals surface area contributed by atoms with E-state index < -0.39 is 0 Å². The maximum atomic E-state index is 11.9. The van der Waals surface area contributed by atoms with Crippen LogP contribution in [-0.2, 0) is 9.53 Å². The molecule has 2 rings (SSSR count). The minimum Gasteiger partial charge on any atom is -0.459 e. The summed E-state index contributed by atoms with van der Waals surface area (Å²) in [5.41, 5.74) is 0. The second-order valence-electron chi connectivity index (χ2n) is 7.72. The molecular weight excluding hydrogens is 308 g/mol. The fraction of sp³-hybridized carbons (Fsp3) is 0.696. The molecule has 2 nitrogen and oxygen atoms in total. The molecule has 0 N–H and O–H groups in total. The normalized spacial score (nSPS) is 25.4. The van der Waals surface area contributed by atoms with Crippen LogP contribution in [0.4, 0.5) is 0 Å². The van der Waals surface area contributed by atoms with Gasteiger partial charge in [-0.15, -0.1) is 0 Å². The number of carbonyl (C=O) groups excluding carboxylic acids is 1. The van der Waals surface area contributed by atoms with Crippen molar-refractivity contribution in [3.8, 4) is 0 Å². The van der Waals surface area contributed by atoms with Crippen molar-refractivity contribution in [2.45, 2.75) is 89.6 Å². The highest BCUT2D eigenvalue weighted by molar-refractivity contribution is 5.82. The van der Waals surface area contributed by atoms with Gasteiger partial charge in [0.05, 0.1) is 0 Å². The van der Waals surface area contributed by atoms with E-state index in [0.717, 1.165) is 50.4 Å². The summed E-state index contributed by atoms with van der Waals surface area (Å²) >= 11 is 0. The van der Waals surface area contributed by atoms with Gasteiger partial charge in [-0.1, -0.05) is 63.0 Å². The lowest BCUT2D eigenvalue weighted by molar-refractivity contribution is -0.145. The molecule has 0 aromatic carbocycles. The average molecular weight is 345 g/mol. The second kappa shape index (κ2) is 12.1. The summed E-state index contributed by atoms with van der Waals surface area (Å²) in [4.78, 5) is 11.9. The lowest BCUT2D eigenvalue weighted by atomic mass is 9.73. The molecule has 2 aliphatic rings. The number of esters is 1. The molecule has 2 heteroatoms. The van der Waals surface area contributed by atoms with E-state index in [4.69, 9.17) is 4.74 Å². The van der Waals surface area contributed by atoms with Gasteiger partial charge in [-0.3, -0.25) is 0 Å². The molecular formula is C23H36O2. The van der Waals surface area contributed by atoms with Gasteiger partial charge in [0.15, 0.2) is 0 Å². The molecule has 0 heterocycles. The van der Waals surface area contributed by atoms with Gasteiger partial charge in [-0.05, 0) is 63.2 Å². The zero-order chi connectivity index (χ0) is 17.7. The van der Waals surface area contributed by atoms with Crippen LogP contribution in [0.15, 0.2) is 37.0 Å². The van der Waals surface area contributed by atoms with Crippen molar-refractivity contribution in [2.24, 2.45) is 11.8 Å². The smallest absolute Gasteiger partial charge is 0.330 e. The first-order valence-electron chi connectivity index (χ1n) is 10.4. The summed E-state index contributed by atoms with van der Waals surface area (Å²) < 4.78 is 5.64. The zero-order valence-corrected chi connectivity index (χ0v) is 15.8. The van der Waals surface area contributed by atoms with Crippen molar-refractivity contribution in [3.63, 3.8) is 0 Å². The summed E-state index contributed by atoms with van der Waals surface area (Å²) in [5, 5.41) is 0. The monoisotopic (exact) mass is 344 g/mol. The van der Waals surface area contributed by atoms with E-state index in [9.17, 15) is 4.79 Å². The van der Waals surface area contributed by atoms with Gasteiger partial charge in [0.2, 0.25) is 0 Å². The van der Waals surface area contributed by atoms with Gasteiger partial charge in [-0.25, -0.2) is 4.79 Å². The standard InChI is InChI=1S/C23H36O2/c1-2-3-4-5-6-7-8-12-15-23(24)25-22-18-16-21(17-19-22)20-13-10-9-11-14-20/h2-4,12,15,20-22H,1,5-11,13-14,16-19H2/b4-3+,15-12+. The van der Waals surface area contributed by atoms with Gasteiger partial charge in [0, 0.05) is 6.08 Å². The molecule has 0 saturated heterocycles. The van der Waals surface area contributed by atoms with Gasteiger partial charge in [0.1, 0.15) is 6.10 Å². The predicted octanol–water partition coefficient (Wildman–Crippen LogP) is 6.53. The molecule has 0 unspecified atom stereocenters. The van der Waals surface area contributed by atoms with Crippen LogP contribution < -0.4 is 0 Å². The van der Waals surface area contributed by atoms with Crippen molar-refractivity contribution in [1.29, 1.82) is 0 Å². The highest BCUT2D eigenvalue weighted by atomic mass is 16.5. The molecule has 2 aliphatic carbocycles. The molecule has 0 aliphatic heterocycles. The van der Waals surface area contributed by atoms with E-state index in [1.54, 1.807) is 12.2 Å². The molecule has 0 aromatic rings. The lowest BCUT2D eigenvalue weighted by Crippen LogP contribution is -2.28. The molecule has 140 valence electrons. The third-order valence-electron chi connectivity index (χ3n) is 5.84. The Morgan fingerprint density at radius 3 is 2.20 bits per heavy atom. The Balaban J connectivity index is 1.54. The number of carbonyl (C=O) groups is 1. The Labute approximate surface area is 154 Å². The Bertz CT molecular complexity index is 435. The number of ether oxygens (including phenoxy) is 1. The Kier molecular flexibility index (Phi) is 9.69. The SMILES string of the molecule is C=C/C=C/CCCC/C=C/C(=O)OC1CCC(C2CCCCC2)CC1. The van der Waals surface area contributed by atoms with E-state index in [0.29, 0.717) is 0 Å². The highest BCUT2D eigenvalue weighted by Crippen LogP contribution is 2.38. The van der Waals surface area contributed by atoms with E-state index in [1.165, 1.54) is 44.9 Å². The molecule has 0 atom stereocenters. The maximum absolute atomic E-state index is 11.9. The largest absolute Gasteiger partial charge is 0.459 e. The number of hydrogen-bond acceptors (Lipinski definition) is 2. The number of hydrogen-bond donors (Lipinski definition) is 0. The minimum atomic E-state index is -0.146. The van der Waals surface area contributed by atoms with E-state index in [1.807, 2.05) is 12.2 Å². The van der Waals surface area contributed by atoms with E-state index in [-0.39, 0.29) is 12.1 Å². The highest BCUT2D eigenvalue weighted by Gasteiger charge is 2.29. The summed E-state index contributed by atoms with van der Waals surface area (Å²) in [5.74, 6) is 1.69. The molecule has 25 heavy (non-hydrogen) atoms. The molecule has 0 bridgehead atoms. The Hall–Kier alpha value is -1.31. The number of unbranched alkanes of at least 4 members (excludes halogenated alkanes) is 3. The van der Waals surface area contributed by atoms with Gasteiger partial charge < -0.3 is 4.74 Å². The summed E-state index contributed by atoms with van der Waals surface area (Å²) in [6, 6.07) is 0. The topological polar surface area (TPSA) is 26.3 Å². The predicted molar refractivity (Wildman–Crippen MR) is 105 cm³/mol. The first kappa shape index (κ1) is 20.0. The first-order valence-corrected chi connectivity index (χ1v) is 10.4. The van der Waals surface area contributed by atoms with Crippen LogP contribution in [0.2, 0.25) is 0 Å². The Morgan fingerprint density at radius 1 is 0.880 bits per heavy atom. The summed E-state index contributed by atoms with van der Waals surface area (Å²) in [6.07, 6.45) is 25.7. The van der Waals surface area contributed by atoms with Crippen molar-refractivity contribution in [3.05, 3.63) is 37.0 Å². The molecule has 2 saturated carbocycles. The van der Waals surface area contributed by atoms with Crippen molar-refractivity contribution in [2.75, 3.05) is 0 Å². The van der Waals surface area contributed by atoms with Crippen LogP contribution in [0.25, 0.3) is 0 Å². The number of rotatable bonds is 9. The summed E-state index contributed by atoms with van der Waals surface area (Å²) in [7, 11) is 0. The van der Waals surface area contributed by atoms with Crippen molar-refractivity contribution in [1.82, 2.24) is 0 Å². The van der Waals surface area contributed by atoms with Gasteiger partial charge in [0.25, 0.3) is 0 Å². The Morgan fingerprint density at radius 2 is 1.52 bits per heavy atom. The first-order chi connectivity index (χ1) is 12.3. The molecule has 0 amide bonds. The van der Waals surface area contributed by atoms with E-state index >= 15 is 0 Å². The molecule has 0 aromatic heterocycles. The molecule has 0 radical (unpaired) electrons. The minimum absolute atomic E-state index is 0.146. The molecule has 2 fully saturated rings. The van der Waals surface area contributed by atoms with Gasteiger partial charge >= 0.3 is 5.97 Å². The lowest BCUT2D eigenvalue weighted by Gasteiger charge is -2.35. The zero-order valence-electron chi connectivity index (χ0n) is 15.8. The van der Waals surface area contributed by atoms with Crippen LogP contribution in [-0.4, -0.2) is 12.1 Å². The second-order valence-corrected chi connectivity index (χ2v) is 7.72. The fourth-order valence-corrected chi connectivity index (χ4v) is 4.38. The van der Waals surface area contributed by atoms with Crippen LogP contribution in [0.3, 0.4) is 0 Å². The van der Waals surface area contributed by atoms with E-state index in [2.05, 4.69) is 12.7 Å². The quantitative estimate of drug-likeness (QED) is 0.206. The van der Waals surface area contributed by atoms with Crippen molar-refractivity contribution < 1.29 is 9.53 Å². The fourth-order valence-electron chi connectivity index (χ4n) is 4.38. The van der Waals surface area contributed by atoms with Crippen LogP contribution in [0.5, 0.6) is 0 Å². The maximum Gasteiger partial charge on any atom is 0.330 e. The van der Waals surface area contributed by atoms with Gasteiger partial charge in [-0.2, -0.15) is 0 Å².